The Hall–Kier alpha value is -2.89. The molecule has 1 amide bonds. The van der Waals surface area contributed by atoms with Gasteiger partial charge in [0.2, 0.25) is 10.0 Å². The molecule has 1 heterocycles. The van der Waals surface area contributed by atoms with Gasteiger partial charge in [-0.3, -0.25) is 4.79 Å². The SMILES string of the molecule is CC(Oc1ccc(C#N)cc1)C(=O)N1CCN(S(=O)(=O)Cc2ccccc2)CC1. The van der Waals surface area contributed by atoms with Gasteiger partial charge in [0.25, 0.3) is 5.91 Å². The zero-order chi connectivity index (χ0) is 20.9. The molecule has 2 aromatic carbocycles. The molecule has 0 bridgehead atoms. The molecule has 1 aliphatic rings. The summed E-state index contributed by atoms with van der Waals surface area (Å²) in [4.78, 5) is 14.3. The Kier molecular flexibility index (Phi) is 6.52. The summed E-state index contributed by atoms with van der Waals surface area (Å²) in [7, 11) is -3.42. The Balaban J connectivity index is 1.53. The summed E-state index contributed by atoms with van der Waals surface area (Å²) in [6.07, 6.45) is -0.699. The average molecular weight is 413 g/mol. The summed E-state index contributed by atoms with van der Waals surface area (Å²) < 4.78 is 32.4. The van der Waals surface area contributed by atoms with Crippen molar-refractivity contribution in [2.24, 2.45) is 0 Å². The van der Waals surface area contributed by atoms with E-state index in [2.05, 4.69) is 0 Å². The first kappa shape index (κ1) is 20.8. The van der Waals surface area contributed by atoms with Crippen molar-refractivity contribution in [2.75, 3.05) is 26.2 Å². The summed E-state index contributed by atoms with van der Waals surface area (Å²) in [6, 6.07) is 17.6. The quantitative estimate of drug-likeness (QED) is 0.722. The maximum atomic E-state index is 12.7. The van der Waals surface area contributed by atoms with Crippen LogP contribution in [0.25, 0.3) is 0 Å². The molecule has 0 spiro atoms. The van der Waals surface area contributed by atoms with Gasteiger partial charge < -0.3 is 9.64 Å². The molecule has 1 saturated heterocycles. The lowest BCUT2D eigenvalue weighted by atomic mass is 10.2. The zero-order valence-corrected chi connectivity index (χ0v) is 17.0. The first-order chi connectivity index (χ1) is 13.9. The molecule has 7 nitrogen and oxygen atoms in total. The molecule has 29 heavy (non-hydrogen) atoms. The number of ether oxygens (including phenoxy) is 1. The number of benzene rings is 2. The Labute approximate surface area is 171 Å². The predicted octanol–water partition coefficient (Wildman–Crippen LogP) is 2.00. The molecule has 8 heteroatoms. The third kappa shape index (κ3) is 5.34. The highest BCUT2D eigenvalue weighted by Crippen LogP contribution is 2.17. The van der Waals surface area contributed by atoms with Gasteiger partial charge in [-0.1, -0.05) is 30.3 Å². The number of sulfonamides is 1. The Bertz CT molecular complexity index is 977. The summed E-state index contributed by atoms with van der Waals surface area (Å²) in [5.74, 6) is 0.281. The van der Waals surface area contributed by atoms with Crippen LogP contribution in [0, 0.1) is 11.3 Å². The number of carbonyl (C=O) groups excluding carboxylic acids is 1. The molecule has 0 saturated carbocycles. The molecule has 152 valence electrons. The van der Waals surface area contributed by atoms with Crippen LogP contribution in [0.4, 0.5) is 0 Å². The topological polar surface area (TPSA) is 90.7 Å². The van der Waals surface area contributed by atoms with E-state index in [1.165, 1.54) is 4.31 Å². The van der Waals surface area contributed by atoms with E-state index in [1.54, 1.807) is 48.2 Å². The van der Waals surface area contributed by atoms with Crippen molar-refractivity contribution in [3.8, 4) is 11.8 Å². The molecule has 0 N–H and O–H groups in total. The van der Waals surface area contributed by atoms with E-state index in [4.69, 9.17) is 10.00 Å². The number of carbonyl (C=O) groups is 1. The molecule has 0 aliphatic carbocycles. The Morgan fingerprint density at radius 1 is 1.07 bits per heavy atom. The number of rotatable bonds is 6. The number of hydrogen-bond acceptors (Lipinski definition) is 5. The van der Waals surface area contributed by atoms with Crippen LogP contribution >= 0.6 is 0 Å². The summed E-state index contributed by atoms with van der Waals surface area (Å²) >= 11 is 0. The summed E-state index contributed by atoms with van der Waals surface area (Å²) in [5, 5.41) is 8.83. The summed E-state index contributed by atoms with van der Waals surface area (Å²) in [6.45, 7) is 2.86. The van der Waals surface area contributed by atoms with Crippen LogP contribution in [-0.2, 0) is 20.6 Å². The minimum absolute atomic E-state index is 0.0417. The number of amides is 1. The zero-order valence-electron chi connectivity index (χ0n) is 16.2. The van der Waals surface area contributed by atoms with Gasteiger partial charge in [0.05, 0.1) is 17.4 Å². The van der Waals surface area contributed by atoms with E-state index in [9.17, 15) is 13.2 Å². The third-order valence-corrected chi connectivity index (χ3v) is 6.63. The van der Waals surface area contributed by atoms with Gasteiger partial charge in [-0.05, 0) is 36.8 Å². The standard InChI is InChI=1S/C21H23N3O4S/c1-17(28-20-9-7-18(15-22)8-10-20)21(25)23-11-13-24(14-12-23)29(26,27)16-19-5-3-2-4-6-19/h2-10,17H,11-14,16H2,1H3. The van der Waals surface area contributed by atoms with Crippen LogP contribution in [-0.4, -0.2) is 55.8 Å². The molecule has 1 atom stereocenters. The van der Waals surface area contributed by atoms with Crippen LogP contribution in [0.2, 0.25) is 0 Å². The summed E-state index contributed by atoms with van der Waals surface area (Å²) in [5.41, 5.74) is 1.26. The van der Waals surface area contributed by atoms with Gasteiger partial charge in [0, 0.05) is 26.2 Å². The van der Waals surface area contributed by atoms with E-state index in [-0.39, 0.29) is 24.7 Å². The molecular formula is C21H23N3O4S. The highest BCUT2D eigenvalue weighted by atomic mass is 32.2. The van der Waals surface area contributed by atoms with Crippen molar-refractivity contribution >= 4 is 15.9 Å². The minimum atomic E-state index is -3.42. The fourth-order valence-electron chi connectivity index (χ4n) is 3.18. The van der Waals surface area contributed by atoms with Gasteiger partial charge in [-0.15, -0.1) is 0 Å². The first-order valence-corrected chi connectivity index (χ1v) is 11.0. The second kappa shape index (κ2) is 9.07. The monoisotopic (exact) mass is 413 g/mol. The minimum Gasteiger partial charge on any atom is -0.481 e. The van der Waals surface area contributed by atoms with E-state index >= 15 is 0 Å². The van der Waals surface area contributed by atoms with Crippen molar-refractivity contribution in [1.29, 1.82) is 5.26 Å². The normalized spacial score (nSPS) is 16.1. The molecule has 1 fully saturated rings. The van der Waals surface area contributed by atoms with E-state index in [0.29, 0.717) is 24.4 Å². The molecule has 2 aromatic rings. The van der Waals surface area contributed by atoms with Crippen LogP contribution in [0.5, 0.6) is 5.75 Å². The molecule has 1 unspecified atom stereocenters. The van der Waals surface area contributed by atoms with Crippen molar-refractivity contribution in [3.63, 3.8) is 0 Å². The van der Waals surface area contributed by atoms with Gasteiger partial charge in [0.1, 0.15) is 5.75 Å². The smallest absolute Gasteiger partial charge is 0.263 e. The predicted molar refractivity (Wildman–Crippen MR) is 108 cm³/mol. The number of nitrogens with zero attached hydrogens (tertiary/aromatic N) is 3. The van der Waals surface area contributed by atoms with E-state index in [1.807, 2.05) is 24.3 Å². The largest absolute Gasteiger partial charge is 0.481 e. The second-order valence-electron chi connectivity index (χ2n) is 6.86. The second-order valence-corrected chi connectivity index (χ2v) is 8.83. The lowest BCUT2D eigenvalue weighted by Crippen LogP contribution is -2.53. The number of hydrogen-bond donors (Lipinski definition) is 0. The molecule has 0 aromatic heterocycles. The molecule has 0 radical (unpaired) electrons. The van der Waals surface area contributed by atoms with E-state index < -0.39 is 16.1 Å². The van der Waals surface area contributed by atoms with Crippen molar-refractivity contribution in [2.45, 2.75) is 18.8 Å². The number of piperazine rings is 1. The molecule has 1 aliphatic heterocycles. The van der Waals surface area contributed by atoms with Gasteiger partial charge in [0.15, 0.2) is 6.10 Å². The molecular weight excluding hydrogens is 390 g/mol. The molecule has 3 rings (SSSR count). The van der Waals surface area contributed by atoms with Crippen molar-refractivity contribution in [3.05, 3.63) is 65.7 Å². The van der Waals surface area contributed by atoms with Crippen molar-refractivity contribution in [1.82, 2.24) is 9.21 Å². The number of nitriles is 1. The van der Waals surface area contributed by atoms with Crippen LogP contribution in [0.1, 0.15) is 18.1 Å². The van der Waals surface area contributed by atoms with E-state index in [0.717, 1.165) is 5.56 Å². The van der Waals surface area contributed by atoms with Crippen LogP contribution in [0.3, 0.4) is 0 Å². The fraction of sp³-hybridized carbons (Fsp3) is 0.333. The van der Waals surface area contributed by atoms with Gasteiger partial charge >= 0.3 is 0 Å². The maximum Gasteiger partial charge on any atom is 0.263 e. The van der Waals surface area contributed by atoms with Gasteiger partial charge in [-0.25, -0.2) is 8.42 Å². The maximum absolute atomic E-state index is 12.7. The Morgan fingerprint density at radius 2 is 1.69 bits per heavy atom. The highest BCUT2D eigenvalue weighted by Gasteiger charge is 2.31. The van der Waals surface area contributed by atoms with Gasteiger partial charge in [-0.2, -0.15) is 9.57 Å². The van der Waals surface area contributed by atoms with Crippen molar-refractivity contribution < 1.29 is 17.9 Å². The first-order valence-electron chi connectivity index (χ1n) is 9.36. The third-order valence-electron chi connectivity index (χ3n) is 4.78. The van der Waals surface area contributed by atoms with Crippen LogP contribution < -0.4 is 4.74 Å². The average Bonchev–Trinajstić information content (AvgIpc) is 2.74. The highest BCUT2D eigenvalue weighted by molar-refractivity contribution is 7.88. The lowest BCUT2D eigenvalue weighted by Gasteiger charge is -2.35. The van der Waals surface area contributed by atoms with Crippen LogP contribution in [0.15, 0.2) is 54.6 Å². The lowest BCUT2D eigenvalue weighted by molar-refractivity contribution is -0.139. The fourth-order valence-corrected chi connectivity index (χ4v) is 4.70. The Morgan fingerprint density at radius 3 is 2.28 bits per heavy atom.